The van der Waals surface area contributed by atoms with Gasteiger partial charge in [-0.05, 0) is 26.8 Å². The van der Waals surface area contributed by atoms with E-state index in [4.69, 9.17) is 4.74 Å². The topological polar surface area (TPSA) is 71.8 Å². The summed E-state index contributed by atoms with van der Waals surface area (Å²) in [4.78, 5) is 19.3. The summed E-state index contributed by atoms with van der Waals surface area (Å²) in [5.74, 6) is -0.127. The van der Waals surface area contributed by atoms with Crippen LogP contribution in [0.2, 0.25) is 0 Å². The molecule has 0 saturated carbocycles. The highest BCUT2D eigenvalue weighted by Crippen LogP contribution is 2.12. The maximum Gasteiger partial charge on any atom is 0.256 e. The summed E-state index contributed by atoms with van der Waals surface area (Å²) in [6.45, 7) is 9.93. The van der Waals surface area contributed by atoms with Gasteiger partial charge in [-0.25, -0.2) is 9.50 Å². The molecule has 0 unspecified atom stereocenters. The van der Waals surface area contributed by atoms with Gasteiger partial charge in [0.15, 0.2) is 5.65 Å². The van der Waals surface area contributed by atoms with Gasteiger partial charge in [-0.1, -0.05) is 0 Å². The zero-order valence-electron chi connectivity index (χ0n) is 13.9. The molecule has 1 saturated heterocycles. The third kappa shape index (κ3) is 3.35. The minimum Gasteiger partial charge on any atom is -0.379 e. The number of rotatable bonds is 4. The third-order valence-electron chi connectivity index (χ3n) is 4.25. The first kappa shape index (κ1) is 15.9. The molecule has 124 valence electrons. The largest absolute Gasteiger partial charge is 0.379 e. The quantitative estimate of drug-likeness (QED) is 0.903. The predicted molar refractivity (Wildman–Crippen MR) is 86.6 cm³/mol. The van der Waals surface area contributed by atoms with E-state index in [1.165, 1.54) is 0 Å². The number of amides is 1. The molecule has 23 heavy (non-hydrogen) atoms. The van der Waals surface area contributed by atoms with Crippen molar-refractivity contribution in [1.29, 1.82) is 0 Å². The number of fused-ring (bicyclic) bond motifs is 1. The van der Waals surface area contributed by atoms with E-state index in [2.05, 4.69) is 27.2 Å². The Kier molecular flexibility index (Phi) is 4.58. The van der Waals surface area contributed by atoms with Gasteiger partial charge in [-0.2, -0.15) is 5.10 Å². The molecule has 1 N–H and O–H groups in total. The van der Waals surface area contributed by atoms with Crippen molar-refractivity contribution < 1.29 is 9.53 Å². The van der Waals surface area contributed by atoms with E-state index >= 15 is 0 Å². The fourth-order valence-electron chi connectivity index (χ4n) is 2.91. The molecule has 2 aromatic heterocycles. The number of nitrogens with one attached hydrogen (secondary N) is 1. The van der Waals surface area contributed by atoms with Crippen LogP contribution in [0, 0.1) is 13.8 Å². The maximum absolute atomic E-state index is 12.5. The smallest absolute Gasteiger partial charge is 0.256 e. The Labute approximate surface area is 135 Å². The van der Waals surface area contributed by atoms with Crippen molar-refractivity contribution in [2.45, 2.75) is 26.8 Å². The summed E-state index contributed by atoms with van der Waals surface area (Å²) in [5.41, 5.74) is 2.98. The monoisotopic (exact) mass is 317 g/mol. The Morgan fingerprint density at radius 2 is 2.13 bits per heavy atom. The molecule has 7 heteroatoms. The summed E-state index contributed by atoms with van der Waals surface area (Å²) >= 11 is 0. The Morgan fingerprint density at radius 3 is 2.87 bits per heavy atom. The van der Waals surface area contributed by atoms with Gasteiger partial charge in [0.05, 0.1) is 19.4 Å². The number of hydrogen-bond donors (Lipinski definition) is 1. The fourth-order valence-corrected chi connectivity index (χ4v) is 2.91. The Hall–Kier alpha value is -1.99. The standard InChI is InChI=1S/C16H23N5O2/c1-11-8-12(2)21-15(19-11)14(10-18-21)16(22)17-9-13(3)20-4-6-23-7-5-20/h8,10,13H,4-7,9H2,1-3H3,(H,17,22)/t13-/m1/s1. The third-order valence-corrected chi connectivity index (χ3v) is 4.25. The van der Waals surface area contributed by atoms with Crippen LogP contribution in [0.15, 0.2) is 12.3 Å². The summed E-state index contributed by atoms with van der Waals surface area (Å²) in [7, 11) is 0. The highest BCUT2D eigenvalue weighted by atomic mass is 16.5. The van der Waals surface area contributed by atoms with Crippen molar-refractivity contribution in [2.75, 3.05) is 32.8 Å². The van der Waals surface area contributed by atoms with Crippen LogP contribution in [0.5, 0.6) is 0 Å². The first-order valence-electron chi connectivity index (χ1n) is 7.98. The van der Waals surface area contributed by atoms with Crippen LogP contribution in [0.25, 0.3) is 5.65 Å². The number of aromatic nitrogens is 3. The first-order valence-corrected chi connectivity index (χ1v) is 7.98. The van der Waals surface area contributed by atoms with Crippen molar-refractivity contribution in [2.24, 2.45) is 0 Å². The molecule has 1 amide bonds. The predicted octanol–water partition coefficient (Wildman–Crippen LogP) is 0.797. The highest BCUT2D eigenvalue weighted by Gasteiger charge is 2.19. The number of carbonyl (C=O) groups is 1. The van der Waals surface area contributed by atoms with E-state index in [0.717, 1.165) is 37.7 Å². The second-order valence-electron chi connectivity index (χ2n) is 6.04. The number of ether oxygens (including phenoxy) is 1. The van der Waals surface area contributed by atoms with E-state index in [-0.39, 0.29) is 11.9 Å². The molecule has 0 spiro atoms. The molecule has 7 nitrogen and oxygen atoms in total. The maximum atomic E-state index is 12.5. The number of hydrogen-bond acceptors (Lipinski definition) is 5. The lowest BCUT2D eigenvalue weighted by molar-refractivity contribution is 0.0204. The molecule has 0 bridgehead atoms. The van der Waals surface area contributed by atoms with E-state index in [1.54, 1.807) is 10.7 Å². The Balaban J connectivity index is 1.69. The summed E-state index contributed by atoms with van der Waals surface area (Å²) in [6, 6.07) is 2.23. The SMILES string of the molecule is Cc1cc(C)n2ncc(C(=O)NC[C@@H](C)N3CCOCC3)c2n1. The van der Waals surface area contributed by atoms with Gasteiger partial charge in [0.2, 0.25) is 0 Å². The summed E-state index contributed by atoms with van der Waals surface area (Å²) < 4.78 is 7.06. The molecule has 1 atom stereocenters. The Bertz CT molecular complexity index is 706. The number of nitrogens with zero attached hydrogens (tertiary/aromatic N) is 4. The van der Waals surface area contributed by atoms with Crippen LogP contribution in [-0.2, 0) is 4.74 Å². The number of carbonyl (C=O) groups excluding carboxylic acids is 1. The minimum absolute atomic E-state index is 0.127. The molecule has 1 aliphatic heterocycles. The zero-order valence-corrected chi connectivity index (χ0v) is 13.9. The van der Waals surface area contributed by atoms with Crippen LogP contribution in [0.3, 0.4) is 0 Å². The molecular formula is C16H23N5O2. The number of aryl methyl sites for hydroxylation is 2. The second kappa shape index (κ2) is 6.64. The van der Waals surface area contributed by atoms with Crippen LogP contribution in [0.4, 0.5) is 0 Å². The van der Waals surface area contributed by atoms with Crippen molar-refractivity contribution in [1.82, 2.24) is 24.8 Å². The molecule has 3 heterocycles. The molecule has 0 aliphatic carbocycles. The van der Waals surface area contributed by atoms with Gasteiger partial charge in [-0.15, -0.1) is 0 Å². The molecule has 0 radical (unpaired) electrons. The van der Waals surface area contributed by atoms with Crippen molar-refractivity contribution in [3.63, 3.8) is 0 Å². The first-order chi connectivity index (χ1) is 11.1. The summed E-state index contributed by atoms with van der Waals surface area (Å²) in [5, 5.41) is 7.26. The lowest BCUT2D eigenvalue weighted by atomic mass is 10.2. The minimum atomic E-state index is -0.127. The molecule has 0 aromatic carbocycles. The van der Waals surface area contributed by atoms with Crippen LogP contribution < -0.4 is 5.32 Å². The van der Waals surface area contributed by atoms with E-state index in [1.807, 2.05) is 19.9 Å². The van der Waals surface area contributed by atoms with E-state index in [0.29, 0.717) is 17.8 Å². The van der Waals surface area contributed by atoms with Crippen LogP contribution in [-0.4, -0.2) is 64.3 Å². The van der Waals surface area contributed by atoms with Gasteiger partial charge in [-0.3, -0.25) is 9.69 Å². The molecular weight excluding hydrogens is 294 g/mol. The van der Waals surface area contributed by atoms with Gasteiger partial charge >= 0.3 is 0 Å². The van der Waals surface area contributed by atoms with Crippen molar-refractivity contribution in [3.8, 4) is 0 Å². The molecule has 1 aliphatic rings. The van der Waals surface area contributed by atoms with Gasteiger partial charge in [0.25, 0.3) is 5.91 Å². The van der Waals surface area contributed by atoms with Gasteiger partial charge < -0.3 is 10.1 Å². The van der Waals surface area contributed by atoms with Crippen molar-refractivity contribution in [3.05, 3.63) is 29.2 Å². The fraction of sp³-hybridized carbons (Fsp3) is 0.562. The van der Waals surface area contributed by atoms with Crippen LogP contribution in [0.1, 0.15) is 28.7 Å². The molecule has 2 aromatic rings. The lowest BCUT2D eigenvalue weighted by Crippen LogP contribution is -2.47. The number of morpholine rings is 1. The van der Waals surface area contributed by atoms with Gasteiger partial charge in [0.1, 0.15) is 5.56 Å². The average molecular weight is 317 g/mol. The van der Waals surface area contributed by atoms with E-state index < -0.39 is 0 Å². The molecule has 3 rings (SSSR count). The Morgan fingerprint density at radius 1 is 1.39 bits per heavy atom. The second-order valence-corrected chi connectivity index (χ2v) is 6.04. The van der Waals surface area contributed by atoms with Crippen LogP contribution >= 0.6 is 0 Å². The normalized spacial score (nSPS) is 17.3. The highest BCUT2D eigenvalue weighted by molar-refractivity contribution is 5.99. The molecule has 1 fully saturated rings. The lowest BCUT2D eigenvalue weighted by Gasteiger charge is -2.32. The average Bonchev–Trinajstić information content (AvgIpc) is 2.97. The van der Waals surface area contributed by atoms with Gasteiger partial charge in [0, 0.05) is 37.1 Å². The van der Waals surface area contributed by atoms with E-state index in [9.17, 15) is 4.79 Å². The zero-order chi connectivity index (χ0) is 16.4. The summed E-state index contributed by atoms with van der Waals surface area (Å²) in [6.07, 6.45) is 1.59. The van der Waals surface area contributed by atoms with Crippen molar-refractivity contribution >= 4 is 11.6 Å².